The van der Waals surface area contributed by atoms with Gasteiger partial charge >= 0.3 is 0 Å². The Morgan fingerprint density at radius 1 is 1.42 bits per heavy atom. The number of guanidine groups is 1. The van der Waals surface area contributed by atoms with Crippen LogP contribution in [0.25, 0.3) is 0 Å². The lowest BCUT2D eigenvalue weighted by Gasteiger charge is -2.25. The number of likely N-dealkylation sites (tertiary alicyclic amines) is 1. The first-order valence-electron chi connectivity index (χ1n) is 8.30. The topological polar surface area (TPSA) is 70.7 Å². The molecule has 2 rings (SSSR count). The minimum absolute atomic E-state index is 0.273. The van der Waals surface area contributed by atoms with E-state index < -0.39 is 0 Å². The highest BCUT2D eigenvalue weighted by atomic mass is 19.1. The van der Waals surface area contributed by atoms with Gasteiger partial charge < -0.3 is 16.0 Å². The fraction of sp³-hybridized carbons (Fsp3) is 0.556. The minimum Gasteiger partial charge on any atom is -0.369 e. The van der Waals surface area contributed by atoms with Crippen molar-refractivity contribution in [2.75, 3.05) is 26.7 Å². The van der Waals surface area contributed by atoms with Crippen LogP contribution >= 0.6 is 0 Å². The van der Waals surface area contributed by atoms with Gasteiger partial charge in [0.15, 0.2) is 5.96 Å². The molecule has 1 saturated heterocycles. The van der Waals surface area contributed by atoms with E-state index in [0.717, 1.165) is 31.0 Å². The van der Waals surface area contributed by atoms with Crippen molar-refractivity contribution in [2.45, 2.75) is 26.7 Å². The molecule has 1 atom stereocenters. The zero-order valence-electron chi connectivity index (χ0n) is 14.7. The average Bonchev–Trinajstić information content (AvgIpc) is 2.88. The smallest absolute Gasteiger partial charge is 0.222 e. The highest BCUT2D eigenvalue weighted by Gasteiger charge is 2.31. The Hall–Kier alpha value is -2.11. The number of hydrogen-bond donors (Lipinski definition) is 2. The van der Waals surface area contributed by atoms with Gasteiger partial charge in [-0.3, -0.25) is 9.79 Å². The average molecular weight is 334 g/mol. The number of rotatable bonds is 5. The summed E-state index contributed by atoms with van der Waals surface area (Å²) in [4.78, 5) is 18.3. The van der Waals surface area contributed by atoms with Crippen molar-refractivity contribution in [3.8, 4) is 0 Å². The van der Waals surface area contributed by atoms with Gasteiger partial charge in [0.25, 0.3) is 0 Å². The molecule has 3 N–H and O–H groups in total. The standard InChI is InChI=1S/C18H27FN4O/c1-18(2)8-9-23(12-18)17(21-3)22-11-14(16(20)24)10-13-4-6-15(19)7-5-13/h4-7,14H,8-12H2,1-3H3,(H2,20,24)(H,21,22). The maximum atomic E-state index is 13.0. The maximum Gasteiger partial charge on any atom is 0.222 e. The summed E-state index contributed by atoms with van der Waals surface area (Å²) in [6.07, 6.45) is 1.59. The van der Waals surface area contributed by atoms with Gasteiger partial charge in [-0.1, -0.05) is 26.0 Å². The van der Waals surface area contributed by atoms with Gasteiger partial charge in [-0.15, -0.1) is 0 Å². The molecule has 1 unspecified atom stereocenters. The van der Waals surface area contributed by atoms with Crippen LogP contribution in [0.5, 0.6) is 0 Å². The zero-order valence-corrected chi connectivity index (χ0v) is 14.7. The Morgan fingerprint density at radius 2 is 2.08 bits per heavy atom. The monoisotopic (exact) mass is 334 g/mol. The molecule has 6 heteroatoms. The molecule has 0 radical (unpaired) electrons. The van der Waals surface area contributed by atoms with Crippen LogP contribution in [0.1, 0.15) is 25.8 Å². The lowest BCUT2D eigenvalue weighted by molar-refractivity contribution is -0.121. The molecule has 5 nitrogen and oxygen atoms in total. The van der Waals surface area contributed by atoms with E-state index in [9.17, 15) is 9.18 Å². The number of nitrogens with one attached hydrogen (secondary N) is 1. The Balaban J connectivity index is 1.95. The number of amides is 1. The first kappa shape index (κ1) is 18.2. The summed E-state index contributed by atoms with van der Waals surface area (Å²) >= 11 is 0. The molecule has 1 heterocycles. The third-order valence-corrected chi connectivity index (χ3v) is 4.49. The second-order valence-electron chi connectivity index (χ2n) is 7.19. The summed E-state index contributed by atoms with van der Waals surface area (Å²) in [6, 6.07) is 6.16. The molecule has 0 spiro atoms. The largest absolute Gasteiger partial charge is 0.369 e. The fourth-order valence-corrected chi connectivity index (χ4v) is 3.02. The second kappa shape index (κ2) is 7.64. The van der Waals surface area contributed by atoms with Crippen LogP contribution in [0.15, 0.2) is 29.3 Å². The van der Waals surface area contributed by atoms with E-state index in [-0.39, 0.29) is 23.1 Å². The lowest BCUT2D eigenvalue weighted by Crippen LogP contribution is -2.45. The number of benzene rings is 1. The van der Waals surface area contributed by atoms with Crippen molar-refractivity contribution in [3.63, 3.8) is 0 Å². The minimum atomic E-state index is -0.372. The van der Waals surface area contributed by atoms with Gasteiger partial charge in [0.05, 0.1) is 5.92 Å². The predicted octanol–water partition coefficient (Wildman–Crippen LogP) is 1.78. The molecule has 132 valence electrons. The van der Waals surface area contributed by atoms with Crippen molar-refractivity contribution in [3.05, 3.63) is 35.6 Å². The molecule has 1 amide bonds. The Morgan fingerprint density at radius 3 is 2.58 bits per heavy atom. The molecule has 0 bridgehead atoms. The van der Waals surface area contributed by atoms with Crippen LogP contribution in [0.3, 0.4) is 0 Å². The molecule has 24 heavy (non-hydrogen) atoms. The second-order valence-corrected chi connectivity index (χ2v) is 7.19. The molecular weight excluding hydrogens is 307 g/mol. The van der Waals surface area contributed by atoms with Crippen molar-refractivity contribution in [1.29, 1.82) is 0 Å². The Kier molecular flexibility index (Phi) is 5.80. The molecule has 1 fully saturated rings. The number of aliphatic imine (C=N–C) groups is 1. The molecule has 0 aliphatic carbocycles. The number of primary amides is 1. The van der Waals surface area contributed by atoms with E-state index in [4.69, 9.17) is 5.73 Å². The summed E-state index contributed by atoms with van der Waals surface area (Å²) < 4.78 is 13.0. The first-order valence-corrected chi connectivity index (χ1v) is 8.30. The van der Waals surface area contributed by atoms with Crippen molar-refractivity contribution >= 4 is 11.9 Å². The van der Waals surface area contributed by atoms with E-state index in [2.05, 4.69) is 29.1 Å². The highest BCUT2D eigenvalue weighted by molar-refractivity contribution is 5.82. The number of carbonyl (C=O) groups excluding carboxylic acids is 1. The van der Waals surface area contributed by atoms with Gasteiger partial charge in [-0.2, -0.15) is 0 Å². The number of nitrogens with zero attached hydrogens (tertiary/aromatic N) is 2. The van der Waals surface area contributed by atoms with Crippen molar-refractivity contribution < 1.29 is 9.18 Å². The molecule has 1 aromatic carbocycles. The summed E-state index contributed by atoms with van der Waals surface area (Å²) in [6.45, 7) is 6.77. The molecule has 1 aliphatic rings. The Labute approximate surface area is 143 Å². The van der Waals surface area contributed by atoms with Crippen LogP contribution in [0, 0.1) is 17.2 Å². The zero-order chi connectivity index (χ0) is 17.7. The van der Waals surface area contributed by atoms with E-state index in [1.165, 1.54) is 12.1 Å². The number of hydrogen-bond acceptors (Lipinski definition) is 2. The van der Waals surface area contributed by atoms with E-state index in [1.807, 2.05) is 0 Å². The van der Waals surface area contributed by atoms with Crippen LogP contribution < -0.4 is 11.1 Å². The van der Waals surface area contributed by atoms with E-state index >= 15 is 0 Å². The highest BCUT2D eigenvalue weighted by Crippen LogP contribution is 2.28. The van der Waals surface area contributed by atoms with Crippen molar-refractivity contribution in [1.82, 2.24) is 10.2 Å². The third-order valence-electron chi connectivity index (χ3n) is 4.49. The summed E-state index contributed by atoms with van der Waals surface area (Å²) in [5.41, 5.74) is 6.69. The molecule has 0 saturated carbocycles. The summed E-state index contributed by atoms with van der Waals surface area (Å²) in [5, 5.41) is 3.26. The van der Waals surface area contributed by atoms with E-state index in [1.54, 1.807) is 19.2 Å². The number of nitrogens with two attached hydrogens (primary N) is 1. The summed E-state index contributed by atoms with van der Waals surface area (Å²) in [5.74, 6) is -0.234. The van der Waals surface area contributed by atoms with E-state index in [0.29, 0.717) is 13.0 Å². The van der Waals surface area contributed by atoms with Gasteiger partial charge in [-0.05, 0) is 36.0 Å². The van der Waals surface area contributed by atoms with Crippen molar-refractivity contribution in [2.24, 2.45) is 22.1 Å². The van der Waals surface area contributed by atoms with Gasteiger partial charge in [0.1, 0.15) is 5.82 Å². The lowest BCUT2D eigenvalue weighted by atomic mass is 9.93. The van der Waals surface area contributed by atoms with Crippen LogP contribution in [0.4, 0.5) is 4.39 Å². The number of halogens is 1. The molecule has 1 aromatic rings. The SMILES string of the molecule is CN=C(NCC(Cc1ccc(F)cc1)C(N)=O)N1CCC(C)(C)C1. The van der Waals surface area contributed by atoms with Gasteiger partial charge in [0, 0.05) is 26.7 Å². The van der Waals surface area contributed by atoms with Gasteiger partial charge in [-0.25, -0.2) is 4.39 Å². The molecule has 1 aliphatic heterocycles. The molecular formula is C18H27FN4O. The van der Waals surface area contributed by atoms with Crippen LogP contribution in [-0.4, -0.2) is 43.4 Å². The van der Waals surface area contributed by atoms with Crippen LogP contribution in [-0.2, 0) is 11.2 Å². The fourth-order valence-electron chi connectivity index (χ4n) is 3.02. The molecule has 0 aromatic heterocycles. The normalized spacial score (nSPS) is 18.5. The van der Waals surface area contributed by atoms with Crippen LogP contribution in [0.2, 0.25) is 0 Å². The quantitative estimate of drug-likeness (QED) is 0.637. The predicted molar refractivity (Wildman–Crippen MR) is 94.1 cm³/mol. The first-order chi connectivity index (χ1) is 11.3. The van der Waals surface area contributed by atoms with Gasteiger partial charge in [0.2, 0.25) is 5.91 Å². The number of carbonyl (C=O) groups is 1. The Bertz CT molecular complexity index is 598. The maximum absolute atomic E-state index is 13.0. The summed E-state index contributed by atoms with van der Waals surface area (Å²) in [7, 11) is 1.74. The third kappa shape index (κ3) is 4.94.